The number of nitrogen functional groups attached to an aromatic ring is 1. The van der Waals surface area contributed by atoms with E-state index in [4.69, 9.17) is 5.73 Å². The largest absolute Gasteiger partial charge is 0.398 e. The van der Waals surface area contributed by atoms with Crippen molar-refractivity contribution >= 4 is 27.5 Å². The van der Waals surface area contributed by atoms with Crippen molar-refractivity contribution in [1.29, 1.82) is 0 Å². The van der Waals surface area contributed by atoms with Crippen molar-refractivity contribution in [3.63, 3.8) is 0 Å². The van der Waals surface area contributed by atoms with Gasteiger partial charge in [0.25, 0.3) is 0 Å². The molecule has 0 radical (unpaired) electrons. The normalized spacial score (nSPS) is 20.0. The fourth-order valence-corrected chi connectivity index (χ4v) is 4.64. The predicted octanol–water partition coefficient (Wildman–Crippen LogP) is 2.28. The molecular weight excluding hydrogens is 299 g/mol. The highest BCUT2D eigenvalue weighted by atomic mass is 32.2. The number of thioether (sulfide) groups is 1. The average Bonchev–Trinajstić information content (AvgIpc) is 2.42. The molecule has 1 aliphatic heterocycles. The van der Waals surface area contributed by atoms with Gasteiger partial charge in [0.15, 0.2) is 0 Å². The zero-order valence-electron chi connectivity index (χ0n) is 11.4. The molecule has 0 spiro atoms. The molecule has 1 aliphatic rings. The van der Waals surface area contributed by atoms with E-state index < -0.39 is 15.8 Å². The molecule has 1 saturated heterocycles. The van der Waals surface area contributed by atoms with Crippen molar-refractivity contribution < 1.29 is 12.8 Å². The van der Waals surface area contributed by atoms with Crippen LogP contribution in [-0.2, 0) is 10.0 Å². The molecule has 0 saturated carbocycles. The Kier molecular flexibility index (Phi) is 4.93. The van der Waals surface area contributed by atoms with Crippen LogP contribution in [-0.4, -0.2) is 26.0 Å². The third-order valence-electron chi connectivity index (χ3n) is 3.39. The van der Waals surface area contributed by atoms with Crippen LogP contribution >= 0.6 is 11.8 Å². The summed E-state index contributed by atoms with van der Waals surface area (Å²) in [4.78, 5) is -0.374. The second-order valence-electron chi connectivity index (χ2n) is 4.98. The van der Waals surface area contributed by atoms with Crippen LogP contribution < -0.4 is 10.5 Å². The van der Waals surface area contributed by atoms with Crippen LogP contribution in [0.1, 0.15) is 24.8 Å². The van der Waals surface area contributed by atoms with Crippen molar-refractivity contribution in [2.45, 2.75) is 36.3 Å². The van der Waals surface area contributed by atoms with Crippen LogP contribution in [0.5, 0.6) is 0 Å². The molecule has 1 atom stereocenters. The van der Waals surface area contributed by atoms with Gasteiger partial charge in [-0.25, -0.2) is 17.5 Å². The number of nitrogens with two attached hydrogens (primary N) is 1. The van der Waals surface area contributed by atoms with Crippen LogP contribution in [0.15, 0.2) is 17.0 Å². The van der Waals surface area contributed by atoms with Gasteiger partial charge in [0.05, 0.1) is 0 Å². The van der Waals surface area contributed by atoms with Crippen molar-refractivity contribution in [2.75, 3.05) is 18.0 Å². The molecule has 2 rings (SSSR count). The van der Waals surface area contributed by atoms with Crippen LogP contribution in [0, 0.1) is 12.7 Å². The molecule has 1 aromatic carbocycles. The molecule has 112 valence electrons. The van der Waals surface area contributed by atoms with E-state index in [0.717, 1.165) is 24.7 Å². The summed E-state index contributed by atoms with van der Waals surface area (Å²) in [5.74, 6) is 0.290. The zero-order chi connectivity index (χ0) is 14.8. The highest BCUT2D eigenvalue weighted by molar-refractivity contribution is 8.00. The molecule has 20 heavy (non-hydrogen) atoms. The first kappa shape index (κ1) is 15.6. The number of nitrogens with one attached hydrogen (secondary N) is 1. The average molecular weight is 318 g/mol. The molecule has 3 N–H and O–H groups in total. The van der Waals surface area contributed by atoms with E-state index in [1.54, 1.807) is 18.7 Å². The van der Waals surface area contributed by atoms with E-state index in [9.17, 15) is 12.8 Å². The van der Waals surface area contributed by atoms with Crippen LogP contribution in [0.3, 0.4) is 0 Å². The molecule has 1 fully saturated rings. The maximum atomic E-state index is 13.8. The number of aryl methyl sites for hydroxylation is 1. The lowest BCUT2D eigenvalue weighted by Gasteiger charge is -2.21. The van der Waals surface area contributed by atoms with Crippen molar-refractivity contribution in [3.8, 4) is 0 Å². The van der Waals surface area contributed by atoms with Gasteiger partial charge in [-0.05, 0) is 43.2 Å². The Hall–Kier alpha value is -0.790. The van der Waals surface area contributed by atoms with Gasteiger partial charge in [-0.2, -0.15) is 11.8 Å². The number of sulfonamides is 1. The van der Waals surface area contributed by atoms with Gasteiger partial charge in [0.1, 0.15) is 10.7 Å². The lowest BCUT2D eigenvalue weighted by atomic mass is 10.2. The third-order valence-corrected chi connectivity index (χ3v) is 6.22. The first-order chi connectivity index (χ1) is 9.40. The molecule has 0 bridgehead atoms. The number of halogens is 1. The molecule has 1 heterocycles. The standard InChI is InChI=1S/C13H19FN2O2S2/c1-9-6-11(14)13(7-12(9)15)20(17,18)16-8-10-4-2-3-5-19-10/h6-7,10,16H,2-5,8,15H2,1H3. The number of hydrogen-bond acceptors (Lipinski definition) is 4. The lowest BCUT2D eigenvalue weighted by molar-refractivity contribution is 0.552. The van der Waals surface area contributed by atoms with Gasteiger partial charge in [-0.3, -0.25) is 0 Å². The molecule has 0 aromatic heterocycles. The SMILES string of the molecule is Cc1cc(F)c(S(=O)(=O)NCC2CCCCS2)cc1N. The summed E-state index contributed by atoms with van der Waals surface area (Å²) in [6, 6.07) is 2.33. The van der Waals surface area contributed by atoms with Gasteiger partial charge < -0.3 is 5.73 Å². The maximum absolute atomic E-state index is 13.8. The van der Waals surface area contributed by atoms with E-state index >= 15 is 0 Å². The summed E-state index contributed by atoms with van der Waals surface area (Å²) >= 11 is 1.76. The Morgan fingerprint density at radius 3 is 2.85 bits per heavy atom. The van der Waals surface area contributed by atoms with E-state index in [2.05, 4.69) is 4.72 Å². The number of anilines is 1. The topological polar surface area (TPSA) is 72.2 Å². The Bertz CT molecular complexity index is 584. The Morgan fingerprint density at radius 1 is 1.45 bits per heavy atom. The molecule has 1 aromatic rings. The number of benzene rings is 1. The number of rotatable bonds is 4. The third kappa shape index (κ3) is 3.65. The summed E-state index contributed by atoms with van der Waals surface area (Å²) in [5, 5.41) is 0.268. The van der Waals surface area contributed by atoms with Gasteiger partial charge in [0.2, 0.25) is 10.0 Å². The smallest absolute Gasteiger partial charge is 0.243 e. The maximum Gasteiger partial charge on any atom is 0.243 e. The second-order valence-corrected chi connectivity index (χ2v) is 8.12. The minimum absolute atomic E-state index is 0.268. The van der Waals surface area contributed by atoms with Gasteiger partial charge in [-0.1, -0.05) is 6.42 Å². The van der Waals surface area contributed by atoms with E-state index in [0.29, 0.717) is 12.1 Å². The van der Waals surface area contributed by atoms with Crippen molar-refractivity contribution in [1.82, 2.24) is 4.72 Å². The molecule has 4 nitrogen and oxygen atoms in total. The minimum atomic E-state index is -3.85. The van der Waals surface area contributed by atoms with E-state index in [1.807, 2.05) is 0 Å². The van der Waals surface area contributed by atoms with Crippen molar-refractivity contribution in [2.24, 2.45) is 0 Å². The zero-order valence-corrected chi connectivity index (χ0v) is 13.0. The fourth-order valence-electron chi connectivity index (χ4n) is 2.12. The van der Waals surface area contributed by atoms with Gasteiger partial charge in [-0.15, -0.1) is 0 Å². The first-order valence-corrected chi connectivity index (χ1v) is 9.10. The summed E-state index contributed by atoms with van der Waals surface area (Å²) in [6.45, 7) is 1.97. The summed E-state index contributed by atoms with van der Waals surface area (Å²) in [6.07, 6.45) is 3.29. The predicted molar refractivity (Wildman–Crippen MR) is 80.8 cm³/mol. The van der Waals surface area contributed by atoms with Crippen LogP contribution in [0.25, 0.3) is 0 Å². The summed E-state index contributed by atoms with van der Waals surface area (Å²) < 4.78 is 40.6. The van der Waals surface area contributed by atoms with E-state index in [1.165, 1.54) is 12.5 Å². The van der Waals surface area contributed by atoms with Crippen molar-refractivity contribution in [3.05, 3.63) is 23.5 Å². The molecule has 0 aliphatic carbocycles. The van der Waals surface area contributed by atoms with Crippen LogP contribution in [0.2, 0.25) is 0 Å². The Labute approximate surface area is 123 Å². The second kappa shape index (κ2) is 6.32. The lowest BCUT2D eigenvalue weighted by Crippen LogP contribution is -2.32. The monoisotopic (exact) mass is 318 g/mol. The molecular formula is C13H19FN2O2S2. The Balaban J connectivity index is 2.11. The van der Waals surface area contributed by atoms with Crippen LogP contribution in [0.4, 0.5) is 10.1 Å². The quantitative estimate of drug-likeness (QED) is 0.836. The van der Waals surface area contributed by atoms with Gasteiger partial charge >= 0.3 is 0 Å². The molecule has 7 heteroatoms. The summed E-state index contributed by atoms with van der Waals surface area (Å²) in [5.41, 5.74) is 6.47. The first-order valence-electron chi connectivity index (χ1n) is 6.57. The highest BCUT2D eigenvalue weighted by Gasteiger charge is 2.22. The minimum Gasteiger partial charge on any atom is -0.398 e. The van der Waals surface area contributed by atoms with E-state index in [-0.39, 0.29) is 15.8 Å². The Morgan fingerprint density at radius 2 is 2.20 bits per heavy atom. The highest BCUT2D eigenvalue weighted by Crippen LogP contribution is 2.25. The molecule has 1 unspecified atom stereocenters. The van der Waals surface area contributed by atoms with Gasteiger partial charge in [0, 0.05) is 17.5 Å². The fraction of sp³-hybridized carbons (Fsp3) is 0.538. The number of hydrogen-bond donors (Lipinski definition) is 2. The summed E-state index contributed by atoms with van der Waals surface area (Å²) in [7, 11) is -3.85. The molecule has 0 amide bonds.